The first-order chi connectivity index (χ1) is 13.9. The van der Waals surface area contributed by atoms with Crippen molar-refractivity contribution in [3.8, 4) is 21.8 Å². The predicted octanol–water partition coefficient (Wildman–Crippen LogP) is 5.89. The molecule has 0 atom stereocenters. The van der Waals surface area contributed by atoms with Gasteiger partial charge in [-0.2, -0.15) is 0 Å². The second-order valence-electron chi connectivity index (χ2n) is 6.79. The Morgan fingerprint density at radius 1 is 0.793 bits per heavy atom. The van der Waals surface area contributed by atoms with Crippen molar-refractivity contribution in [2.45, 2.75) is 18.7 Å². The molecule has 0 fully saturated rings. The van der Waals surface area contributed by atoms with E-state index in [1.54, 1.807) is 47.7 Å². The molecule has 29 heavy (non-hydrogen) atoms. The maximum atomic E-state index is 12.6. The number of hydrogen-bond acceptors (Lipinski definition) is 4. The predicted molar refractivity (Wildman–Crippen MR) is 120 cm³/mol. The first kappa shape index (κ1) is 19.4. The molecule has 0 amide bonds. The number of benzene rings is 3. The first-order valence-electron chi connectivity index (χ1n) is 9.15. The fourth-order valence-corrected chi connectivity index (χ4v) is 5.00. The van der Waals surface area contributed by atoms with Crippen LogP contribution in [0.25, 0.3) is 21.8 Å². The zero-order chi connectivity index (χ0) is 20.4. The molecule has 6 heteroatoms. The first-order valence-corrected chi connectivity index (χ1v) is 11.5. The Bertz CT molecular complexity index is 1230. The molecule has 4 aromatic rings. The number of rotatable bonds is 5. The third kappa shape index (κ3) is 4.23. The lowest BCUT2D eigenvalue weighted by Crippen LogP contribution is -2.12. The minimum Gasteiger partial charge on any atom is -0.280 e. The molecule has 0 saturated carbocycles. The van der Waals surface area contributed by atoms with Crippen LogP contribution in [0.2, 0.25) is 0 Å². The lowest BCUT2D eigenvalue weighted by Gasteiger charge is -2.09. The fraction of sp³-hybridized carbons (Fsp3) is 0.0870. The van der Waals surface area contributed by atoms with Crippen LogP contribution in [0.3, 0.4) is 0 Å². The molecule has 0 radical (unpaired) electrons. The van der Waals surface area contributed by atoms with Gasteiger partial charge in [0, 0.05) is 21.7 Å². The number of nitrogens with one attached hydrogen (secondary N) is 1. The van der Waals surface area contributed by atoms with E-state index < -0.39 is 10.0 Å². The third-order valence-electron chi connectivity index (χ3n) is 4.56. The molecule has 1 heterocycles. The van der Waals surface area contributed by atoms with Crippen LogP contribution >= 0.6 is 11.3 Å². The maximum Gasteiger partial charge on any atom is 0.261 e. The van der Waals surface area contributed by atoms with E-state index in [2.05, 4.69) is 4.72 Å². The van der Waals surface area contributed by atoms with Crippen LogP contribution in [0.1, 0.15) is 10.4 Å². The molecule has 0 aliphatic heterocycles. The highest BCUT2D eigenvalue weighted by Gasteiger charge is 2.15. The molecule has 4 rings (SSSR count). The summed E-state index contributed by atoms with van der Waals surface area (Å²) in [6, 6.07) is 24.2. The van der Waals surface area contributed by atoms with Crippen molar-refractivity contribution < 1.29 is 8.42 Å². The van der Waals surface area contributed by atoms with Gasteiger partial charge in [-0.1, -0.05) is 60.2 Å². The van der Waals surface area contributed by atoms with Gasteiger partial charge >= 0.3 is 0 Å². The SMILES string of the molecule is Cc1ccc(S(=O)(=O)Nc2ccc(-c3nc(-c4ccccc4)sc3C)cc2)cc1. The van der Waals surface area contributed by atoms with Gasteiger partial charge in [-0.3, -0.25) is 4.72 Å². The summed E-state index contributed by atoms with van der Waals surface area (Å²) in [5.41, 5.74) is 4.50. The number of aromatic nitrogens is 1. The number of anilines is 1. The Kier molecular flexibility index (Phi) is 5.22. The van der Waals surface area contributed by atoms with Crippen molar-refractivity contribution in [1.29, 1.82) is 0 Å². The number of thiazole rings is 1. The van der Waals surface area contributed by atoms with Crippen LogP contribution in [0.4, 0.5) is 5.69 Å². The van der Waals surface area contributed by atoms with Crippen LogP contribution in [0, 0.1) is 13.8 Å². The topological polar surface area (TPSA) is 59.1 Å². The van der Waals surface area contributed by atoms with Crippen molar-refractivity contribution >= 4 is 27.0 Å². The van der Waals surface area contributed by atoms with E-state index in [4.69, 9.17) is 4.98 Å². The van der Waals surface area contributed by atoms with Crippen molar-refractivity contribution in [2.75, 3.05) is 4.72 Å². The largest absolute Gasteiger partial charge is 0.280 e. The molecule has 0 aliphatic rings. The smallest absolute Gasteiger partial charge is 0.261 e. The monoisotopic (exact) mass is 420 g/mol. The van der Waals surface area contributed by atoms with Crippen LogP contribution in [-0.2, 0) is 10.0 Å². The number of sulfonamides is 1. The number of hydrogen-bond donors (Lipinski definition) is 1. The summed E-state index contributed by atoms with van der Waals surface area (Å²) >= 11 is 1.65. The molecule has 0 spiro atoms. The summed E-state index contributed by atoms with van der Waals surface area (Å²) in [7, 11) is -3.61. The Labute approximate surface area is 175 Å². The second kappa shape index (κ2) is 7.81. The van der Waals surface area contributed by atoms with Gasteiger partial charge in [0.2, 0.25) is 0 Å². The van der Waals surface area contributed by atoms with E-state index >= 15 is 0 Å². The van der Waals surface area contributed by atoms with E-state index in [9.17, 15) is 8.42 Å². The van der Waals surface area contributed by atoms with Crippen molar-refractivity contribution in [2.24, 2.45) is 0 Å². The summed E-state index contributed by atoms with van der Waals surface area (Å²) in [5.74, 6) is 0. The van der Waals surface area contributed by atoms with Crippen LogP contribution in [-0.4, -0.2) is 13.4 Å². The van der Waals surface area contributed by atoms with Crippen LogP contribution < -0.4 is 4.72 Å². The van der Waals surface area contributed by atoms with Gasteiger partial charge in [0.25, 0.3) is 10.0 Å². The second-order valence-corrected chi connectivity index (χ2v) is 9.67. The van der Waals surface area contributed by atoms with E-state index in [0.29, 0.717) is 5.69 Å². The minimum absolute atomic E-state index is 0.245. The van der Waals surface area contributed by atoms with Gasteiger partial charge in [-0.25, -0.2) is 13.4 Å². The lowest BCUT2D eigenvalue weighted by atomic mass is 10.1. The highest BCUT2D eigenvalue weighted by molar-refractivity contribution is 7.92. The maximum absolute atomic E-state index is 12.6. The van der Waals surface area contributed by atoms with Gasteiger partial charge in [0.05, 0.1) is 10.6 Å². The standard InChI is InChI=1S/C23H20N2O2S2/c1-16-8-14-21(15-9-16)29(26,27)25-20-12-10-18(11-13-20)22-17(2)28-23(24-22)19-6-4-3-5-7-19/h3-15,25H,1-2H3. The van der Waals surface area contributed by atoms with E-state index in [0.717, 1.165) is 32.3 Å². The Balaban J connectivity index is 1.57. The lowest BCUT2D eigenvalue weighted by molar-refractivity contribution is 0.601. The van der Waals surface area contributed by atoms with Gasteiger partial charge < -0.3 is 0 Å². The quantitative estimate of drug-likeness (QED) is 0.438. The molecule has 0 saturated heterocycles. The average molecular weight is 421 g/mol. The van der Waals surface area contributed by atoms with E-state index in [-0.39, 0.29) is 4.90 Å². The number of nitrogens with zero attached hydrogens (tertiary/aromatic N) is 1. The zero-order valence-electron chi connectivity index (χ0n) is 16.1. The molecule has 4 nitrogen and oxygen atoms in total. The Morgan fingerprint density at radius 3 is 2.10 bits per heavy atom. The Morgan fingerprint density at radius 2 is 1.45 bits per heavy atom. The Hall–Kier alpha value is -2.96. The fourth-order valence-electron chi connectivity index (χ4n) is 3.00. The van der Waals surface area contributed by atoms with Crippen LogP contribution in [0.5, 0.6) is 0 Å². The minimum atomic E-state index is -3.61. The molecule has 146 valence electrons. The highest BCUT2D eigenvalue weighted by Crippen LogP contribution is 2.33. The van der Waals surface area contributed by atoms with Gasteiger partial charge in [-0.05, 0) is 38.1 Å². The molecule has 1 aromatic heterocycles. The number of aryl methyl sites for hydroxylation is 2. The van der Waals surface area contributed by atoms with E-state index in [1.165, 1.54) is 0 Å². The normalized spacial score (nSPS) is 11.4. The molecule has 1 N–H and O–H groups in total. The average Bonchev–Trinajstić information content (AvgIpc) is 3.11. The van der Waals surface area contributed by atoms with Gasteiger partial charge in [0.15, 0.2) is 0 Å². The summed E-state index contributed by atoms with van der Waals surface area (Å²) in [6.07, 6.45) is 0. The summed E-state index contributed by atoms with van der Waals surface area (Å²) in [6.45, 7) is 3.97. The van der Waals surface area contributed by atoms with Gasteiger partial charge in [-0.15, -0.1) is 11.3 Å². The zero-order valence-corrected chi connectivity index (χ0v) is 17.7. The molecule has 3 aromatic carbocycles. The summed E-state index contributed by atoms with van der Waals surface area (Å²) < 4.78 is 27.8. The molecule has 0 unspecified atom stereocenters. The van der Waals surface area contributed by atoms with E-state index in [1.807, 2.05) is 56.3 Å². The highest BCUT2D eigenvalue weighted by atomic mass is 32.2. The van der Waals surface area contributed by atoms with Crippen LogP contribution in [0.15, 0.2) is 83.8 Å². The summed E-state index contributed by atoms with van der Waals surface area (Å²) in [5, 5.41) is 0.974. The van der Waals surface area contributed by atoms with Crippen molar-refractivity contribution in [3.63, 3.8) is 0 Å². The molecule has 0 bridgehead atoms. The van der Waals surface area contributed by atoms with Crippen molar-refractivity contribution in [3.05, 3.63) is 89.3 Å². The van der Waals surface area contributed by atoms with Gasteiger partial charge in [0.1, 0.15) is 5.01 Å². The van der Waals surface area contributed by atoms with Crippen molar-refractivity contribution in [1.82, 2.24) is 4.98 Å². The molecular formula is C23H20N2O2S2. The third-order valence-corrected chi connectivity index (χ3v) is 6.98. The molecular weight excluding hydrogens is 400 g/mol. The molecule has 0 aliphatic carbocycles. The summed E-state index contributed by atoms with van der Waals surface area (Å²) in [4.78, 5) is 6.16.